The van der Waals surface area contributed by atoms with Gasteiger partial charge in [0.2, 0.25) is 5.91 Å². The largest absolute Gasteiger partial charge is 0.497 e. The molecule has 1 amide bonds. The Kier molecular flexibility index (Phi) is 5.56. The maximum Gasteiger partial charge on any atom is 0.220 e. The molecule has 0 spiro atoms. The van der Waals surface area contributed by atoms with E-state index < -0.39 is 0 Å². The minimum Gasteiger partial charge on any atom is -0.497 e. The molecule has 128 valence electrons. The van der Waals surface area contributed by atoms with Gasteiger partial charge in [-0.25, -0.2) is 0 Å². The minimum atomic E-state index is 0.147. The molecule has 1 aromatic heterocycles. The first-order valence-corrected chi connectivity index (χ1v) is 9.53. The van der Waals surface area contributed by atoms with Crippen LogP contribution in [0.25, 0.3) is 0 Å². The van der Waals surface area contributed by atoms with Crippen LogP contribution in [0, 0.1) is 0 Å². The Hall–Kier alpha value is -1.81. The number of aryl methyl sites for hydroxylation is 1. The normalized spacial score (nSPS) is 16.0. The van der Waals surface area contributed by atoms with Gasteiger partial charge in [0.25, 0.3) is 0 Å². The van der Waals surface area contributed by atoms with Crippen molar-refractivity contribution in [3.8, 4) is 5.75 Å². The van der Waals surface area contributed by atoms with Crippen LogP contribution in [0.15, 0.2) is 41.8 Å². The number of rotatable bonds is 7. The lowest BCUT2D eigenvalue weighted by molar-refractivity contribution is -0.121. The van der Waals surface area contributed by atoms with E-state index in [1.165, 1.54) is 36.1 Å². The lowest BCUT2D eigenvalue weighted by atomic mass is 9.84. The Labute approximate surface area is 148 Å². The lowest BCUT2D eigenvalue weighted by Gasteiger charge is -2.28. The first kappa shape index (κ1) is 17.0. The van der Waals surface area contributed by atoms with Crippen molar-refractivity contribution in [3.63, 3.8) is 0 Å². The molecule has 4 heteroatoms. The van der Waals surface area contributed by atoms with Crippen LogP contribution in [-0.2, 0) is 16.6 Å². The predicted octanol–water partition coefficient (Wildman–Crippen LogP) is 4.32. The van der Waals surface area contributed by atoms with Crippen LogP contribution in [0.4, 0.5) is 0 Å². The highest BCUT2D eigenvalue weighted by molar-refractivity contribution is 7.10. The number of hydrogen-bond donors (Lipinski definition) is 1. The molecule has 1 aliphatic carbocycles. The highest BCUT2D eigenvalue weighted by atomic mass is 32.1. The van der Waals surface area contributed by atoms with E-state index in [2.05, 4.69) is 22.8 Å². The number of methoxy groups -OCH3 is 1. The molecule has 24 heavy (non-hydrogen) atoms. The van der Waals surface area contributed by atoms with E-state index in [0.29, 0.717) is 6.42 Å². The average Bonchev–Trinajstić information content (AvgIpc) is 3.30. The van der Waals surface area contributed by atoms with Gasteiger partial charge in [0.05, 0.1) is 7.11 Å². The molecule has 0 saturated heterocycles. The number of amides is 1. The third-order valence-electron chi connectivity index (χ3n) is 5.03. The zero-order valence-corrected chi connectivity index (χ0v) is 15.0. The van der Waals surface area contributed by atoms with Crippen LogP contribution in [0.1, 0.15) is 42.5 Å². The van der Waals surface area contributed by atoms with Crippen molar-refractivity contribution < 1.29 is 9.53 Å². The molecule has 3 rings (SSSR count). The van der Waals surface area contributed by atoms with Crippen molar-refractivity contribution in [2.24, 2.45) is 0 Å². The molecule has 0 radical (unpaired) electrons. The van der Waals surface area contributed by atoms with Gasteiger partial charge in [-0.2, -0.15) is 0 Å². The van der Waals surface area contributed by atoms with E-state index in [-0.39, 0.29) is 11.3 Å². The predicted molar refractivity (Wildman–Crippen MR) is 98.8 cm³/mol. The van der Waals surface area contributed by atoms with Gasteiger partial charge in [-0.3, -0.25) is 4.79 Å². The average molecular weight is 343 g/mol. The molecule has 0 unspecified atom stereocenters. The lowest BCUT2D eigenvalue weighted by Crippen LogP contribution is -2.38. The summed E-state index contributed by atoms with van der Waals surface area (Å²) in [5.74, 6) is 0.996. The maximum atomic E-state index is 12.3. The van der Waals surface area contributed by atoms with Gasteiger partial charge in [-0.05, 0) is 48.4 Å². The van der Waals surface area contributed by atoms with Gasteiger partial charge in [-0.1, -0.05) is 31.0 Å². The smallest absolute Gasteiger partial charge is 0.220 e. The molecule has 0 atom stereocenters. The fourth-order valence-corrected chi connectivity index (χ4v) is 4.54. The standard InChI is InChI=1S/C20H25NO2S/c1-23-17-9-6-16(7-10-17)8-11-19(22)21-15-20(12-2-3-13-20)18-5-4-14-24-18/h4-7,9-10,14H,2-3,8,11-13,15H2,1H3,(H,21,22). The number of carbonyl (C=O) groups excluding carboxylic acids is 1. The molecule has 2 aromatic rings. The summed E-state index contributed by atoms with van der Waals surface area (Å²) in [7, 11) is 1.66. The number of hydrogen-bond acceptors (Lipinski definition) is 3. The summed E-state index contributed by atoms with van der Waals surface area (Å²) >= 11 is 1.82. The van der Waals surface area contributed by atoms with Crippen LogP contribution in [-0.4, -0.2) is 19.6 Å². The molecule has 3 nitrogen and oxygen atoms in total. The van der Waals surface area contributed by atoms with E-state index >= 15 is 0 Å². The van der Waals surface area contributed by atoms with Crippen molar-refractivity contribution in [1.82, 2.24) is 5.32 Å². The second-order valence-electron chi connectivity index (χ2n) is 6.59. The van der Waals surface area contributed by atoms with Crippen molar-refractivity contribution >= 4 is 17.2 Å². The van der Waals surface area contributed by atoms with E-state index in [1.54, 1.807) is 7.11 Å². The third-order valence-corrected chi connectivity index (χ3v) is 6.14. The summed E-state index contributed by atoms with van der Waals surface area (Å²) in [4.78, 5) is 13.7. The SMILES string of the molecule is COc1ccc(CCC(=O)NCC2(c3cccs3)CCCC2)cc1. The van der Waals surface area contributed by atoms with Crippen LogP contribution < -0.4 is 10.1 Å². The fourth-order valence-electron chi connectivity index (χ4n) is 3.55. The van der Waals surface area contributed by atoms with Crippen molar-refractivity contribution in [2.45, 2.75) is 43.9 Å². The van der Waals surface area contributed by atoms with Crippen molar-refractivity contribution in [3.05, 3.63) is 52.2 Å². The van der Waals surface area contributed by atoms with Gasteiger partial charge in [-0.15, -0.1) is 11.3 Å². The van der Waals surface area contributed by atoms with Gasteiger partial charge in [0.15, 0.2) is 0 Å². The summed E-state index contributed by atoms with van der Waals surface area (Å²) in [5, 5.41) is 5.33. The number of carbonyl (C=O) groups is 1. The summed E-state index contributed by atoms with van der Waals surface area (Å²) in [6.45, 7) is 0.773. The second kappa shape index (κ2) is 7.84. The second-order valence-corrected chi connectivity index (χ2v) is 7.54. The minimum absolute atomic E-state index is 0.147. The topological polar surface area (TPSA) is 38.3 Å². The van der Waals surface area contributed by atoms with Crippen LogP contribution in [0.3, 0.4) is 0 Å². The Morgan fingerprint density at radius 2 is 1.96 bits per heavy atom. The molecular formula is C20H25NO2S. The zero-order valence-electron chi connectivity index (χ0n) is 14.2. The Morgan fingerprint density at radius 1 is 1.21 bits per heavy atom. The van der Waals surface area contributed by atoms with Gasteiger partial charge < -0.3 is 10.1 Å². The highest BCUT2D eigenvalue weighted by Gasteiger charge is 2.36. The Balaban J connectivity index is 1.51. The Bertz CT molecular complexity index is 643. The molecular weight excluding hydrogens is 318 g/mol. The van der Waals surface area contributed by atoms with Gasteiger partial charge in [0.1, 0.15) is 5.75 Å². The van der Waals surface area contributed by atoms with E-state index in [0.717, 1.165) is 18.7 Å². The number of benzene rings is 1. The first-order chi connectivity index (χ1) is 11.7. The summed E-state index contributed by atoms with van der Waals surface area (Å²) in [6.07, 6.45) is 6.20. The van der Waals surface area contributed by atoms with Crippen molar-refractivity contribution in [1.29, 1.82) is 0 Å². The molecule has 0 aliphatic heterocycles. The molecule has 1 N–H and O–H groups in total. The third kappa shape index (κ3) is 3.99. The quantitative estimate of drug-likeness (QED) is 0.813. The first-order valence-electron chi connectivity index (χ1n) is 8.65. The number of thiophene rings is 1. The van der Waals surface area contributed by atoms with Crippen LogP contribution in [0.2, 0.25) is 0 Å². The van der Waals surface area contributed by atoms with Gasteiger partial charge in [0, 0.05) is 23.3 Å². The summed E-state index contributed by atoms with van der Waals surface area (Å²) in [5.41, 5.74) is 1.34. The molecule has 1 fully saturated rings. The van der Waals surface area contributed by atoms with E-state index in [9.17, 15) is 4.79 Å². The van der Waals surface area contributed by atoms with Crippen LogP contribution >= 0.6 is 11.3 Å². The molecule has 1 heterocycles. The maximum absolute atomic E-state index is 12.3. The van der Waals surface area contributed by atoms with Gasteiger partial charge >= 0.3 is 0 Å². The zero-order chi connectivity index (χ0) is 16.8. The molecule has 1 aliphatic rings. The van der Waals surface area contributed by atoms with Crippen LogP contribution in [0.5, 0.6) is 5.75 Å². The number of ether oxygens (including phenoxy) is 1. The monoisotopic (exact) mass is 343 g/mol. The number of nitrogens with one attached hydrogen (secondary N) is 1. The van der Waals surface area contributed by atoms with Crippen molar-refractivity contribution in [2.75, 3.05) is 13.7 Å². The summed E-state index contributed by atoms with van der Waals surface area (Å²) < 4.78 is 5.16. The molecule has 1 aromatic carbocycles. The fraction of sp³-hybridized carbons (Fsp3) is 0.450. The molecule has 0 bridgehead atoms. The van der Waals surface area contributed by atoms with E-state index in [1.807, 2.05) is 35.6 Å². The Morgan fingerprint density at radius 3 is 2.58 bits per heavy atom. The molecule has 1 saturated carbocycles. The summed E-state index contributed by atoms with van der Waals surface area (Å²) in [6, 6.07) is 12.3. The highest BCUT2D eigenvalue weighted by Crippen LogP contribution is 2.42. The van der Waals surface area contributed by atoms with E-state index in [4.69, 9.17) is 4.74 Å².